The van der Waals surface area contributed by atoms with Crippen molar-refractivity contribution in [1.82, 2.24) is 4.72 Å². The van der Waals surface area contributed by atoms with E-state index in [0.29, 0.717) is 17.7 Å². The number of thioether (sulfide) groups is 1. The molecule has 23 heavy (non-hydrogen) atoms. The largest absolute Gasteiger partial charge is 0.244 e. The molecule has 0 fully saturated rings. The van der Waals surface area contributed by atoms with E-state index in [4.69, 9.17) is 11.6 Å². The van der Waals surface area contributed by atoms with Crippen LogP contribution in [0.4, 0.5) is 8.78 Å². The molecule has 8 heteroatoms. The molecule has 0 bridgehead atoms. The number of fused-ring (bicyclic) bond motifs is 1. The summed E-state index contributed by atoms with van der Waals surface area (Å²) >= 11 is 7.18. The van der Waals surface area contributed by atoms with Crippen molar-refractivity contribution in [2.75, 3.05) is 5.75 Å². The number of hydrogen-bond acceptors (Lipinski definition) is 3. The minimum absolute atomic E-state index is 0.114. The fourth-order valence-corrected chi connectivity index (χ4v) is 5.01. The zero-order valence-electron chi connectivity index (χ0n) is 11.7. The number of hydrogen-bond donors (Lipinski definition) is 1. The van der Waals surface area contributed by atoms with E-state index in [1.54, 1.807) is 6.07 Å². The number of benzene rings is 2. The summed E-state index contributed by atoms with van der Waals surface area (Å²) < 4.78 is 54.7. The Morgan fingerprint density at radius 2 is 1.96 bits per heavy atom. The molecule has 2 aromatic rings. The lowest BCUT2D eigenvalue weighted by atomic mass is 10.0. The average molecular weight is 376 g/mol. The molecule has 3 nitrogen and oxygen atoms in total. The SMILES string of the molecule is O=S(=O)(NC1CCSc2ccc(F)cc21)c1ccc(Cl)cc1F. The molecule has 122 valence electrons. The van der Waals surface area contributed by atoms with Crippen LogP contribution in [-0.4, -0.2) is 14.2 Å². The smallest absolute Gasteiger partial charge is 0.207 e. The Bertz CT molecular complexity index is 859. The van der Waals surface area contributed by atoms with Crippen molar-refractivity contribution in [3.8, 4) is 0 Å². The molecule has 0 saturated carbocycles. The van der Waals surface area contributed by atoms with Gasteiger partial charge in [-0.3, -0.25) is 0 Å². The highest BCUT2D eigenvalue weighted by molar-refractivity contribution is 7.99. The molecule has 0 aliphatic carbocycles. The summed E-state index contributed by atoms with van der Waals surface area (Å²) in [6.45, 7) is 0. The quantitative estimate of drug-likeness (QED) is 0.877. The van der Waals surface area contributed by atoms with E-state index in [1.165, 1.54) is 30.0 Å². The number of halogens is 3. The van der Waals surface area contributed by atoms with Crippen molar-refractivity contribution in [2.45, 2.75) is 22.3 Å². The van der Waals surface area contributed by atoms with Crippen LogP contribution in [0, 0.1) is 11.6 Å². The zero-order chi connectivity index (χ0) is 16.6. The normalized spacial score (nSPS) is 17.8. The van der Waals surface area contributed by atoms with Crippen LogP contribution in [0.15, 0.2) is 46.2 Å². The highest BCUT2D eigenvalue weighted by Crippen LogP contribution is 2.37. The van der Waals surface area contributed by atoms with Gasteiger partial charge in [0.1, 0.15) is 16.5 Å². The molecule has 1 aliphatic heterocycles. The van der Waals surface area contributed by atoms with Crippen molar-refractivity contribution in [3.63, 3.8) is 0 Å². The van der Waals surface area contributed by atoms with E-state index in [-0.39, 0.29) is 5.02 Å². The molecule has 1 N–H and O–H groups in total. The molecule has 0 amide bonds. The first-order valence-corrected chi connectivity index (χ1v) is 9.61. The summed E-state index contributed by atoms with van der Waals surface area (Å²) in [5.74, 6) is -0.669. The van der Waals surface area contributed by atoms with Gasteiger partial charge < -0.3 is 0 Å². The minimum Gasteiger partial charge on any atom is -0.207 e. The van der Waals surface area contributed by atoms with Gasteiger partial charge in [-0.15, -0.1) is 11.8 Å². The standard InChI is InChI=1S/C15H12ClF2NO2S2/c16-9-1-4-15(12(18)7-9)23(20,21)19-13-5-6-22-14-3-2-10(17)8-11(13)14/h1-4,7-8,13,19H,5-6H2. The Kier molecular flexibility index (Phi) is 4.64. The lowest BCUT2D eigenvalue weighted by Gasteiger charge is -2.25. The Morgan fingerprint density at radius 1 is 1.17 bits per heavy atom. The lowest BCUT2D eigenvalue weighted by molar-refractivity contribution is 0.529. The maximum atomic E-state index is 13.9. The van der Waals surface area contributed by atoms with Gasteiger partial charge in [-0.1, -0.05) is 11.6 Å². The number of rotatable bonds is 3. The molecular weight excluding hydrogens is 364 g/mol. The first kappa shape index (κ1) is 16.7. The number of sulfonamides is 1. The van der Waals surface area contributed by atoms with E-state index >= 15 is 0 Å². The van der Waals surface area contributed by atoms with E-state index in [9.17, 15) is 17.2 Å². The molecular formula is C15H12ClF2NO2S2. The highest BCUT2D eigenvalue weighted by atomic mass is 35.5. The van der Waals surface area contributed by atoms with Gasteiger partial charge in [0, 0.05) is 16.0 Å². The second-order valence-electron chi connectivity index (χ2n) is 5.07. The summed E-state index contributed by atoms with van der Waals surface area (Å²) in [5, 5.41) is 0.114. The van der Waals surface area contributed by atoms with Gasteiger partial charge >= 0.3 is 0 Å². The van der Waals surface area contributed by atoms with Gasteiger partial charge in [-0.05, 0) is 54.1 Å². The molecule has 0 aromatic heterocycles. The third-order valence-corrected chi connectivity index (χ3v) is 6.35. The van der Waals surface area contributed by atoms with Crippen molar-refractivity contribution in [1.29, 1.82) is 0 Å². The van der Waals surface area contributed by atoms with Crippen molar-refractivity contribution < 1.29 is 17.2 Å². The maximum Gasteiger partial charge on any atom is 0.244 e. The Morgan fingerprint density at radius 3 is 2.70 bits per heavy atom. The second-order valence-corrected chi connectivity index (χ2v) is 8.32. The van der Waals surface area contributed by atoms with Crippen LogP contribution in [-0.2, 0) is 10.0 Å². The molecule has 1 atom stereocenters. The van der Waals surface area contributed by atoms with Gasteiger partial charge in [-0.25, -0.2) is 21.9 Å². The molecule has 0 saturated heterocycles. The van der Waals surface area contributed by atoms with Gasteiger partial charge in [-0.2, -0.15) is 0 Å². The van der Waals surface area contributed by atoms with Gasteiger partial charge in [0.15, 0.2) is 0 Å². The monoisotopic (exact) mass is 375 g/mol. The summed E-state index contributed by atoms with van der Waals surface area (Å²) in [7, 11) is -4.08. The van der Waals surface area contributed by atoms with Gasteiger partial charge in [0.2, 0.25) is 10.0 Å². The maximum absolute atomic E-state index is 13.9. The van der Waals surface area contributed by atoms with E-state index in [1.807, 2.05) is 0 Å². The van der Waals surface area contributed by atoms with Crippen molar-refractivity contribution in [2.24, 2.45) is 0 Å². The van der Waals surface area contributed by atoms with E-state index in [0.717, 1.165) is 17.0 Å². The van der Waals surface area contributed by atoms with Crippen LogP contribution < -0.4 is 4.72 Å². The fourth-order valence-electron chi connectivity index (χ4n) is 2.43. The predicted molar refractivity (Wildman–Crippen MR) is 86.2 cm³/mol. The Labute approximate surface area is 142 Å². The van der Waals surface area contributed by atoms with E-state index in [2.05, 4.69) is 4.72 Å². The highest BCUT2D eigenvalue weighted by Gasteiger charge is 2.28. The Hall–Kier alpha value is -1.15. The van der Waals surface area contributed by atoms with Crippen LogP contribution in [0.5, 0.6) is 0 Å². The zero-order valence-corrected chi connectivity index (χ0v) is 14.1. The molecule has 1 aliphatic rings. The van der Waals surface area contributed by atoms with Gasteiger partial charge in [0.25, 0.3) is 0 Å². The Balaban J connectivity index is 1.95. The second kappa shape index (κ2) is 6.39. The van der Waals surface area contributed by atoms with Crippen LogP contribution >= 0.6 is 23.4 Å². The first-order chi connectivity index (χ1) is 10.9. The fraction of sp³-hybridized carbons (Fsp3) is 0.200. The third-order valence-electron chi connectivity index (χ3n) is 3.49. The van der Waals surface area contributed by atoms with Crippen LogP contribution in [0.3, 0.4) is 0 Å². The third kappa shape index (κ3) is 3.52. The van der Waals surface area contributed by atoms with Crippen molar-refractivity contribution in [3.05, 3.63) is 58.6 Å². The van der Waals surface area contributed by atoms with Gasteiger partial charge in [0.05, 0.1) is 0 Å². The average Bonchev–Trinajstić information content (AvgIpc) is 2.47. The summed E-state index contributed by atoms with van der Waals surface area (Å²) in [5.41, 5.74) is 0.569. The van der Waals surface area contributed by atoms with Crippen LogP contribution in [0.1, 0.15) is 18.0 Å². The summed E-state index contributed by atoms with van der Waals surface area (Å²) in [4.78, 5) is 0.347. The summed E-state index contributed by atoms with van der Waals surface area (Å²) in [6, 6.07) is 7.04. The molecule has 0 radical (unpaired) electrons. The van der Waals surface area contributed by atoms with Crippen LogP contribution in [0.2, 0.25) is 5.02 Å². The lowest BCUT2D eigenvalue weighted by Crippen LogP contribution is -2.31. The van der Waals surface area contributed by atoms with Crippen molar-refractivity contribution >= 4 is 33.4 Å². The molecule has 3 rings (SSSR count). The predicted octanol–water partition coefficient (Wildman–Crippen LogP) is 4.13. The number of nitrogens with one attached hydrogen (secondary N) is 1. The molecule has 1 heterocycles. The molecule has 1 unspecified atom stereocenters. The molecule has 0 spiro atoms. The molecule has 2 aromatic carbocycles. The minimum atomic E-state index is -4.08. The van der Waals surface area contributed by atoms with E-state index < -0.39 is 32.6 Å². The van der Waals surface area contributed by atoms with Crippen LogP contribution in [0.25, 0.3) is 0 Å². The summed E-state index contributed by atoms with van der Waals surface area (Å²) in [6.07, 6.45) is 0.496. The first-order valence-electron chi connectivity index (χ1n) is 6.76. The topological polar surface area (TPSA) is 46.2 Å².